The summed E-state index contributed by atoms with van der Waals surface area (Å²) in [5, 5.41) is 24.5. The van der Waals surface area contributed by atoms with Gasteiger partial charge in [-0.05, 0) is 56.4 Å². The van der Waals surface area contributed by atoms with Gasteiger partial charge in [0.1, 0.15) is 18.1 Å². The Labute approximate surface area is 233 Å². The first-order valence-corrected chi connectivity index (χ1v) is 13.1. The normalized spacial score (nSPS) is 14.4. The Kier molecular flexibility index (Phi) is 18.8. The Balaban J connectivity index is 0. The maximum Gasteiger partial charge on any atom is 0.490 e. The van der Waals surface area contributed by atoms with Crippen LogP contribution < -0.4 is 27.4 Å². The molecule has 0 fully saturated rings. The molecule has 40 heavy (non-hydrogen) atoms. The van der Waals surface area contributed by atoms with Gasteiger partial charge in [0, 0.05) is 0 Å². The molecule has 0 aromatic rings. The van der Waals surface area contributed by atoms with Gasteiger partial charge in [-0.1, -0.05) is 41.5 Å². The number of alkyl halides is 3. The maximum atomic E-state index is 13.0. The van der Waals surface area contributed by atoms with E-state index >= 15 is 0 Å². The van der Waals surface area contributed by atoms with Crippen LogP contribution in [-0.2, 0) is 24.0 Å². The van der Waals surface area contributed by atoms with Crippen molar-refractivity contribution < 1.29 is 47.4 Å². The van der Waals surface area contributed by atoms with Crippen molar-refractivity contribution in [3.63, 3.8) is 0 Å². The van der Waals surface area contributed by atoms with Crippen LogP contribution in [0.15, 0.2) is 0 Å². The molecule has 0 rings (SSSR count). The van der Waals surface area contributed by atoms with Gasteiger partial charge >= 0.3 is 18.1 Å². The van der Waals surface area contributed by atoms with Crippen molar-refractivity contribution in [2.24, 2.45) is 29.2 Å². The number of carbonyl (C=O) groups is 5. The van der Waals surface area contributed by atoms with Crippen LogP contribution >= 0.6 is 0 Å². The molecule has 3 amide bonds. The van der Waals surface area contributed by atoms with Crippen LogP contribution in [0.3, 0.4) is 0 Å². The van der Waals surface area contributed by atoms with Crippen LogP contribution in [0.4, 0.5) is 13.2 Å². The molecule has 12 nitrogen and oxygen atoms in total. The second-order valence-electron chi connectivity index (χ2n) is 10.6. The molecule has 234 valence electrons. The zero-order valence-corrected chi connectivity index (χ0v) is 24.0. The van der Waals surface area contributed by atoms with Gasteiger partial charge in [0.2, 0.25) is 17.7 Å². The van der Waals surface area contributed by atoms with Crippen molar-refractivity contribution in [2.45, 2.75) is 104 Å². The first-order valence-electron chi connectivity index (χ1n) is 13.1. The molecule has 0 aromatic carbocycles. The molecule has 0 radical (unpaired) electrons. The molecule has 0 spiro atoms. The molecule has 0 aliphatic carbocycles. The number of carboxylic acid groups (broad SMARTS) is 2. The largest absolute Gasteiger partial charge is 0.490 e. The molecular weight excluding hydrogens is 539 g/mol. The molecule has 0 heterocycles. The number of rotatable bonds is 16. The van der Waals surface area contributed by atoms with Crippen LogP contribution in [-0.4, -0.2) is 76.8 Å². The minimum absolute atomic E-state index is 0.104. The zero-order chi connectivity index (χ0) is 31.8. The van der Waals surface area contributed by atoms with Gasteiger partial charge in [0.15, 0.2) is 0 Å². The Hall–Kier alpha value is -2.94. The van der Waals surface area contributed by atoms with Crippen LogP contribution in [0.1, 0.15) is 73.6 Å². The van der Waals surface area contributed by atoms with E-state index in [1.807, 2.05) is 27.7 Å². The Morgan fingerprint density at radius 1 is 0.750 bits per heavy atom. The molecule has 0 saturated heterocycles. The van der Waals surface area contributed by atoms with Gasteiger partial charge in [-0.3, -0.25) is 14.4 Å². The monoisotopic (exact) mass is 585 g/mol. The second-order valence-corrected chi connectivity index (χ2v) is 10.6. The average Bonchev–Trinajstić information content (AvgIpc) is 2.79. The van der Waals surface area contributed by atoms with Gasteiger partial charge in [0.25, 0.3) is 0 Å². The van der Waals surface area contributed by atoms with Crippen molar-refractivity contribution in [3.8, 4) is 0 Å². The lowest BCUT2D eigenvalue weighted by atomic mass is 9.98. The topological polar surface area (TPSA) is 214 Å². The fourth-order valence-electron chi connectivity index (χ4n) is 3.40. The summed E-state index contributed by atoms with van der Waals surface area (Å²) in [7, 11) is 0. The fraction of sp³-hybridized carbons (Fsp3) is 0.800. The number of carboxylic acids is 2. The number of amides is 3. The second kappa shape index (κ2) is 19.2. The number of carbonyl (C=O) groups excluding carboxylic acids is 3. The molecule has 0 unspecified atom stereocenters. The van der Waals surface area contributed by atoms with Crippen LogP contribution in [0.5, 0.6) is 0 Å². The molecule has 9 N–H and O–H groups in total. The number of nitrogens with one attached hydrogen (secondary N) is 3. The third-order valence-corrected chi connectivity index (χ3v) is 5.45. The summed E-state index contributed by atoms with van der Waals surface area (Å²) in [5.74, 6) is -5.36. The highest BCUT2D eigenvalue weighted by Gasteiger charge is 2.38. The smallest absolute Gasteiger partial charge is 0.480 e. The number of halogens is 3. The van der Waals surface area contributed by atoms with E-state index in [-0.39, 0.29) is 24.2 Å². The van der Waals surface area contributed by atoms with Gasteiger partial charge in [-0.25, -0.2) is 9.59 Å². The van der Waals surface area contributed by atoms with Crippen molar-refractivity contribution in [1.82, 2.24) is 16.0 Å². The average molecular weight is 586 g/mol. The molecular formula is C25H46F3N5O7. The minimum Gasteiger partial charge on any atom is -0.480 e. The molecule has 0 saturated carbocycles. The summed E-state index contributed by atoms with van der Waals surface area (Å²) in [6, 6.07) is -3.61. The molecule has 0 aliphatic heterocycles. The summed E-state index contributed by atoms with van der Waals surface area (Å²) >= 11 is 0. The molecule has 15 heteroatoms. The predicted molar refractivity (Wildman–Crippen MR) is 142 cm³/mol. The summed E-state index contributed by atoms with van der Waals surface area (Å²) in [6.45, 7) is 11.7. The lowest BCUT2D eigenvalue weighted by molar-refractivity contribution is -0.192. The molecule has 0 aliphatic rings. The first-order chi connectivity index (χ1) is 18.2. The molecule has 0 aromatic heterocycles. The summed E-state index contributed by atoms with van der Waals surface area (Å²) in [4.78, 5) is 58.8. The van der Waals surface area contributed by atoms with E-state index in [1.54, 1.807) is 13.8 Å². The van der Waals surface area contributed by atoms with E-state index < -0.39 is 60.0 Å². The van der Waals surface area contributed by atoms with Crippen LogP contribution in [0.25, 0.3) is 0 Å². The molecule has 4 atom stereocenters. The molecule has 0 bridgehead atoms. The summed E-state index contributed by atoms with van der Waals surface area (Å²) in [6.07, 6.45) is -2.77. The van der Waals surface area contributed by atoms with Gasteiger partial charge in [0.05, 0.1) is 6.04 Å². The zero-order valence-electron chi connectivity index (χ0n) is 24.0. The predicted octanol–water partition coefficient (Wildman–Crippen LogP) is 1.36. The Morgan fingerprint density at radius 3 is 1.60 bits per heavy atom. The highest BCUT2D eigenvalue weighted by atomic mass is 19.4. The van der Waals surface area contributed by atoms with Crippen molar-refractivity contribution >= 4 is 29.7 Å². The summed E-state index contributed by atoms with van der Waals surface area (Å²) < 4.78 is 31.7. The van der Waals surface area contributed by atoms with Crippen molar-refractivity contribution in [3.05, 3.63) is 0 Å². The van der Waals surface area contributed by atoms with E-state index in [0.717, 1.165) is 0 Å². The van der Waals surface area contributed by atoms with E-state index in [1.165, 1.54) is 0 Å². The van der Waals surface area contributed by atoms with E-state index in [0.29, 0.717) is 32.2 Å². The third kappa shape index (κ3) is 17.6. The van der Waals surface area contributed by atoms with E-state index in [2.05, 4.69) is 16.0 Å². The number of unbranched alkanes of at least 4 members (excludes halogenated alkanes) is 1. The lowest BCUT2D eigenvalue weighted by Gasteiger charge is -2.28. The van der Waals surface area contributed by atoms with Crippen LogP contribution in [0.2, 0.25) is 0 Å². The Morgan fingerprint density at radius 2 is 1.23 bits per heavy atom. The van der Waals surface area contributed by atoms with Crippen molar-refractivity contribution in [1.29, 1.82) is 0 Å². The highest BCUT2D eigenvalue weighted by molar-refractivity contribution is 5.94. The number of aliphatic carboxylic acids is 2. The fourth-order valence-corrected chi connectivity index (χ4v) is 3.40. The van der Waals surface area contributed by atoms with Gasteiger partial charge in [-0.15, -0.1) is 0 Å². The minimum atomic E-state index is -5.08. The number of nitrogens with two attached hydrogens (primary N) is 2. The third-order valence-electron chi connectivity index (χ3n) is 5.45. The standard InChI is InChI=1S/C23H45N5O5.C2HF3O2/c1-13(2)11-16(25)20(29)27-18(12-14(3)4)21(30)28-19(15(5)6)22(31)26-17(23(32)33)9-7-8-10-24;3-2(4,5)1(6)7/h13-19H,7-12,24-25H2,1-6H3,(H,26,31)(H,27,29)(H,28,30)(H,32,33);(H,6,7)/t16-,17-,18-,19-;/m0./s1. The van der Waals surface area contributed by atoms with Crippen molar-refractivity contribution in [2.75, 3.05) is 6.54 Å². The number of hydrogen-bond donors (Lipinski definition) is 7. The SMILES string of the molecule is CC(C)C[C@H](NC(=O)[C@@H](N)CC(C)C)C(=O)N[C@H](C(=O)N[C@@H](CCCCN)C(=O)O)C(C)C.O=C(O)C(F)(F)F. The Bertz CT molecular complexity index is 823. The van der Waals surface area contributed by atoms with E-state index in [4.69, 9.17) is 21.4 Å². The summed E-state index contributed by atoms with van der Waals surface area (Å²) in [5.41, 5.74) is 11.4. The van der Waals surface area contributed by atoms with Gasteiger partial charge < -0.3 is 37.6 Å². The quantitative estimate of drug-likeness (QED) is 0.130. The van der Waals surface area contributed by atoms with E-state index in [9.17, 15) is 37.5 Å². The van der Waals surface area contributed by atoms with Gasteiger partial charge in [-0.2, -0.15) is 13.2 Å². The number of hydrogen-bond acceptors (Lipinski definition) is 7. The lowest BCUT2D eigenvalue weighted by Crippen LogP contribution is -2.58. The highest BCUT2D eigenvalue weighted by Crippen LogP contribution is 2.13. The maximum absolute atomic E-state index is 13.0. The first kappa shape index (κ1) is 39.2. The van der Waals surface area contributed by atoms with Crippen LogP contribution in [0, 0.1) is 17.8 Å².